The van der Waals surface area contributed by atoms with Crippen molar-refractivity contribution in [3.05, 3.63) is 77.0 Å². The Morgan fingerprint density at radius 3 is 2.55 bits per heavy atom. The minimum Gasteiger partial charge on any atom is -0.340 e. The third-order valence-corrected chi connectivity index (χ3v) is 8.42. The van der Waals surface area contributed by atoms with E-state index in [1.807, 2.05) is 18.2 Å². The first-order valence-electron chi connectivity index (χ1n) is 14.5. The number of alkyl halides is 3. The van der Waals surface area contributed by atoms with Gasteiger partial charge in [-0.15, -0.1) is 0 Å². The highest BCUT2D eigenvalue weighted by atomic mass is 19.4. The molecule has 0 spiro atoms. The van der Waals surface area contributed by atoms with Crippen molar-refractivity contribution in [1.29, 1.82) is 5.26 Å². The predicted molar refractivity (Wildman–Crippen MR) is 153 cm³/mol. The number of fused-ring (bicyclic) bond motifs is 1. The summed E-state index contributed by atoms with van der Waals surface area (Å²) in [5.74, 6) is -2.03. The maximum Gasteiger partial charge on any atom is 0.416 e. The number of carbonyl (C=O) groups excluding carboxylic acids is 3. The topological polar surface area (TPSA) is 123 Å². The van der Waals surface area contributed by atoms with E-state index >= 15 is 0 Å². The first kappa shape index (κ1) is 29.4. The molecule has 10 nitrogen and oxygen atoms in total. The average molecular weight is 606 g/mol. The number of piperazine rings is 1. The van der Waals surface area contributed by atoms with Gasteiger partial charge < -0.3 is 15.5 Å². The molecule has 3 amide bonds. The zero-order valence-electron chi connectivity index (χ0n) is 23.8. The second-order valence-corrected chi connectivity index (χ2v) is 11.2. The lowest BCUT2D eigenvalue weighted by Crippen LogP contribution is -2.56. The van der Waals surface area contributed by atoms with E-state index in [1.165, 1.54) is 15.9 Å². The molecule has 2 N–H and O–H groups in total. The summed E-state index contributed by atoms with van der Waals surface area (Å²) in [6.07, 6.45) is -3.18. The number of likely N-dealkylation sites (N-methyl/N-ethyl adjacent to an activating group) is 1. The number of nitrogens with zero attached hydrogens (tertiary/aromatic N) is 5. The maximum atomic E-state index is 14.2. The van der Waals surface area contributed by atoms with Gasteiger partial charge in [-0.3, -0.25) is 19.3 Å². The Bertz CT molecular complexity index is 1650. The van der Waals surface area contributed by atoms with E-state index in [4.69, 9.17) is 5.10 Å². The van der Waals surface area contributed by atoms with Crippen LogP contribution in [0.1, 0.15) is 57.7 Å². The van der Waals surface area contributed by atoms with Gasteiger partial charge in [-0.05, 0) is 56.0 Å². The zero-order valence-corrected chi connectivity index (χ0v) is 23.8. The van der Waals surface area contributed by atoms with Crippen molar-refractivity contribution < 1.29 is 27.6 Å². The number of hydrogen-bond acceptors (Lipinski definition) is 6. The van der Waals surface area contributed by atoms with Gasteiger partial charge in [-0.2, -0.15) is 23.5 Å². The molecule has 228 valence electrons. The van der Waals surface area contributed by atoms with Crippen LogP contribution in [-0.2, 0) is 11.0 Å². The van der Waals surface area contributed by atoms with Crippen LogP contribution in [0, 0.1) is 17.2 Å². The summed E-state index contributed by atoms with van der Waals surface area (Å²) in [6, 6.07) is 13.4. The Labute approximate surface area is 251 Å². The fourth-order valence-electron chi connectivity index (χ4n) is 6.17. The molecule has 3 aromatic rings. The highest BCUT2D eigenvalue weighted by molar-refractivity contribution is 6.07. The van der Waals surface area contributed by atoms with Crippen LogP contribution in [-0.4, -0.2) is 70.7 Å². The number of nitrogens with one attached hydrogen (secondary N) is 2. The summed E-state index contributed by atoms with van der Waals surface area (Å²) in [5, 5.41) is 20.4. The van der Waals surface area contributed by atoms with Crippen LogP contribution in [0.5, 0.6) is 0 Å². The highest BCUT2D eigenvalue weighted by Gasteiger charge is 2.52. The van der Waals surface area contributed by atoms with Crippen LogP contribution in [0.3, 0.4) is 0 Å². The van der Waals surface area contributed by atoms with Crippen LogP contribution in [0.2, 0.25) is 0 Å². The van der Waals surface area contributed by atoms with Gasteiger partial charge in [0.25, 0.3) is 17.7 Å². The van der Waals surface area contributed by atoms with Crippen LogP contribution in [0.25, 0.3) is 5.69 Å². The molecule has 3 heterocycles. The van der Waals surface area contributed by atoms with Crippen LogP contribution in [0.4, 0.5) is 19.0 Å². The summed E-state index contributed by atoms with van der Waals surface area (Å²) in [5.41, 5.74) is -0.00636. The summed E-state index contributed by atoms with van der Waals surface area (Å²) in [6.45, 7) is 3.01. The molecule has 1 saturated heterocycles. The van der Waals surface area contributed by atoms with E-state index in [1.54, 1.807) is 23.7 Å². The van der Waals surface area contributed by atoms with Gasteiger partial charge >= 0.3 is 6.18 Å². The fourth-order valence-corrected chi connectivity index (χ4v) is 6.17. The number of anilines is 1. The molecule has 0 bridgehead atoms. The molecule has 1 aliphatic carbocycles. The minimum absolute atomic E-state index is 0.0710. The Morgan fingerprint density at radius 1 is 1.14 bits per heavy atom. The number of halogens is 3. The largest absolute Gasteiger partial charge is 0.416 e. The maximum absolute atomic E-state index is 14.2. The molecule has 3 atom stereocenters. The molecule has 2 aliphatic heterocycles. The standard InChI is InChI=1S/C31H30F3N7O3/c1-2-39-28-24(26(38-41(28)21-9-4-3-5-10-21)30(44)40-14-13-36-17-22(40)16-35)23(18-11-12-18)25(29(39)43)37-27(42)19-7-6-8-20(15-19)31(32,33)34/h3-10,15,18,22-23,25,36H,2,11-14,17H2,1H3,(H,37,42)/t22-,23-,25-/m0/s1. The van der Waals surface area contributed by atoms with Crippen molar-refractivity contribution in [1.82, 2.24) is 25.3 Å². The molecule has 0 unspecified atom stereocenters. The lowest BCUT2D eigenvalue weighted by molar-refractivity contribution is -0.137. The number of rotatable bonds is 6. The third kappa shape index (κ3) is 5.19. The average Bonchev–Trinajstić information content (AvgIpc) is 3.80. The van der Waals surface area contributed by atoms with Gasteiger partial charge in [-0.1, -0.05) is 24.3 Å². The molecular formula is C31H30F3N7O3. The SMILES string of the molecule is CCN1C(=O)[C@@H](NC(=O)c2cccc(C(F)(F)F)c2)[C@@H](C2CC2)c2c(C(=O)N3CCNC[C@@H]3C#N)nn(-c3ccccc3)c21. The zero-order chi connectivity index (χ0) is 31.2. The van der Waals surface area contributed by atoms with Crippen molar-refractivity contribution in [2.75, 3.05) is 31.1 Å². The number of hydrogen-bond donors (Lipinski definition) is 2. The molecule has 44 heavy (non-hydrogen) atoms. The first-order valence-corrected chi connectivity index (χ1v) is 14.5. The van der Waals surface area contributed by atoms with Crippen molar-refractivity contribution >= 4 is 23.5 Å². The molecule has 2 aromatic carbocycles. The van der Waals surface area contributed by atoms with Crippen LogP contribution < -0.4 is 15.5 Å². The third-order valence-electron chi connectivity index (χ3n) is 8.42. The van der Waals surface area contributed by atoms with Crippen molar-refractivity contribution in [2.24, 2.45) is 5.92 Å². The quantitative estimate of drug-likeness (QED) is 0.444. The summed E-state index contributed by atoms with van der Waals surface area (Å²) in [7, 11) is 0. The van der Waals surface area contributed by atoms with Crippen LogP contribution in [0.15, 0.2) is 54.6 Å². The van der Waals surface area contributed by atoms with Crippen molar-refractivity contribution in [2.45, 2.75) is 43.9 Å². The fraction of sp³-hybridized carbons (Fsp3) is 0.387. The first-order chi connectivity index (χ1) is 21.1. The van der Waals surface area contributed by atoms with Crippen molar-refractivity contribution in [3.63, 3.8) is 0 Å². The minimum atomic E-state index is -4.64. The van der Waals surface area contributed by atoms with Gasteiger partial charge in [-0.25, -0.2) is 4.68 Å². The number of aromatic nitrogens is 2. The molecule has 2 fully saturated rings. The van der Waals surface area contributed by atoms with E-state index in [2.05, 4.69) is 16.7 Å². The molecular weight excluding hydrogens is 575 g/mol. The molecule has 6 rings (SSSR count). The van der Waals surface area contributed by atoms with Crippen LogP contribution >= 0.6 is 0 Å². The van der Waals surface area contributed by atoms with Gasteiger partial charge in [0.1, 0.15) is 17.9 Å². The molecule has 0 radical (unpaired) electrons. The second kappa shape index (κ2) is 11.4. The summed E-state index contributed by atoms with van der Waals surface area (Å²) < 4.78 is 41.8. The number of amides is 3. The van der Waals surface area contributed by atoms with Gasteiger partial charge in [0.05, 0.1) is 17.3 Å². The Balaban J connectivity index is 1.48. The van der Waals surface area contributed by atoms with E-state index in [0.29, 0.717) is 30.2 Å². The number of para-hydroxylation sites is 1. The van der Waals surface area contributed by atoms with E-state index < -0.39 is 47.5 Å². The number of nitriles is 1. The molecule has 1 saturated carbocycles. The normalized spacial score (nSPS) is 21.9. The Hall–Kier alpha value is -4.70. The molecule has 13 heteroatoms. The Morgan fingerprint density at radius 2 is 1.89 bits per heavy atom. The second-order valence-electron chi connectivity index (χ2n) is 11.2. The molecule has 1 aromatic heterocycles. The van der Waals surface area contributed by atoms with Gasteiger partial charge in [0.15, 0.2) is 5.69 Å². The lowest BCUT2D eigenvalue weighted by Gasteiger charge is -2.39. The summed E-state index contributed by atoms with van der Waals surface area (Å²) >= 11 is 0. The highest BCUT2D eigenvalue weighted by Crippen LogP contribution is 2.51. The van der Waals surface area contributed by atoms with E-state index in [0.717, 1.165) is 31.0 Å². The Kier molecular flexibility index (Phi) is 7.63. The van der Waals surface area contributed by atoms with Gasteiger partial charge in [0.2, 0.25) is 0 Å². The number of benzene rings is 2. The predicted octanol–water partition coefficient (Wildman–Crippen LogP) is 3.49. The summed E-state index contributed by atoms with van der Waals surface area (Å²) in [4.78, 5) is 44.7. The van der Waals surface area contributed by atoms with E-state index in [9.17, 15) is 32.8 Å². The molecule has 3 aliphatic rings. The number of carbonyl (C=O) groups is 3. The van der Waals surface area contributed by atoms with Gasteiger partial charge in [0, 0.05) is 43.2 Å². The van der Waals surface area contributed by atoms with E-state index in [-0.39, 0.29) is 30.3 Å². The smallest absolute Gasteiger partial charge is 0.340 e. The van der Waals surface area contributed by atoms with Crippen molar-refractivity contribution in [3.8, 4) is 11.8 Å². The lowest BCUT2D eigenvalue weighted by atomic mass is 9.82. The monoisotopic (exact) mass is 605 g/mol.